The maximum atomic E-state index is 11.2. The molecule has 0 bridgehead atoms. The van der Waals surface area contributed by atoms with Crippen molar-refractivity contribution in [2.75, 3.05) is 0 Å². The highest BCUT2D eigenvalue weighted by Gasteiger charge is 2.32. The van der Waals surface area contributed by atoms with Gasteiger partial charge in [0.25, 0.3) is 5.78 Å². The van der Waals surface area contributed by atoms with Crippen molar-refractivity contribution in [1.29, 1.82) is 0 Å². The Kier molecular flexibility index (Phi) is 2.44. The first-order chi connectivity index (χ1) is 7.09. The van der Waals surface area contributed by atoms with E-state index in [1.54, 1.807) is 12.1 Å². The highest BCUT2D eigenvalue weighted by molar-refractivity contribution is 9.12. The fraction of sp³-hybridized carbons (Fsp3) is 0.0909. The first kappa shape index (κ1) is 10.1. The molecule has 2 rings (SSSR count). The Bertz CT molecular complexity index is 471. The lowest BCUT2D eigenvalue weighted by Gasteiger charge is -2.01. The number of Topliss-reactive ketones (excluding diaryl/α,β-unsaturated/α-hetero) is 1. The van der Waals surface area contributed by atoms with Crippen molar-refractivity contribution in [3.63, 3.8) is 0 Å². The van der Waals surface area contributed by atoms with Gasteiger partial charge in [0.15, 0.2) is 5.76 Å². The van der Waals surface area contributed by atoms with Crippen molar-refractivity contribution in [2.45, 2.75) is 6.92 Å². The summed E-state index contributed by atoms with van der Waals surface area (Å²) >= 11 is 3.05. The summed E-state index contributed by atoms with van der Waals surface area (Å²) in [6.45, 7) is 1.96. The number of hydrogen-bond acceptors (Lipinski definition) is 3. The van der Waals surface area contributed by atoms with Gasteiger partial charge in [-0.05, 0) is 22.9 Å². The summed E-state index contributed by atoms with van der Waals surface area (Å²) in [5.74, 6) is -1.17. The van der Waals surface area contributed by atoms with E-state index in [1.807, 2.05) is 19.1 Å². The van der Waals surface area contributed by atoms with E-state index in [9.17, 15) is 9.59 Å². The molecule has 1 aliphatic rings. The van der Waals surface area contributed by atoms with E-state index in [0.717, 1.165) is 5.56 Å². The lowest BCUT2D eigenvalue weighted by atomic mass is 10.1. The van der Waals surface area contributed by atoms with Gasteiger partial charge < -0.3 is 4.74 Å². The van der Waals surface area contributed by atoms with Crippen LogP contribution in [0.15, 0.2) is 28.7 Å². The van der Waals surface area contributed by atoms with Gasteiger partial charge in [-0.1, -0.05) is 29.8 Å². The number of cyclic esters (lactones) is 1. The Morgan fingerprint density at radius 2 is 1.73 bits per heavy atom. The topological polar surface area (TPSA) is 43.4 Å². The smallest absolute Gasteiger partial charge is 0.385 e. The number of carbonyl (C=O) groups is 2. The molecule has 0 saturated carbocycles. The molecule has 15 heavy (non-hydrogen) atoms. The molecule has 3 nitrogen and oxygen atoms in total. The number of rotatable bonds is 1. The van der Waals surface area contributed by atoms with Gasteiger partial charge >= 0.3 is 5.97 Å². The minimum absolute atomic E-state index is 0.191. The molecular weight excluding hydrogens is 260 g/mol. The van der Waals surface area contributed by atoms with Crippen LogP contribution in [0.4, 0.5) is 0 Å². The van der Waals surface area contributed by atoms with E-state index < -0.39 is 11.8 Å². The van der Waals surface area contributed by atoms with Crippen LogP contribution < -0.4 is 0 Å². The van der Waals surface area contributed by atoms with Gasteiger partial charge in [-0.3, -0.25) is 4.79 Å². The highest BCUT2D eigenvalue weighted by Crippen LogP contribution is 2.30. The van der Waals surface area contributed by atoms with Crippen molar-refractivity contribution < 1.29 is 14.3 Å². The first-order valence-electron chi connectivity index (χ1n) is 4.33. The molecule has 1 aromatic rings. The fourth-order valence-electron chi connectivity index (χ4n) is 1.27. The van der Waals surface area contributed by atoms with Crippen molar-refractivity contribution in [2.24, 2.45) is 0 Å². The largest absolute Gasteiger partial charge is 0.418 e. The normalized spacial score (nSPS) is 15.9. The van der Waals surface area contributed by atoms with Crippen molar-refractivity contribution in [3.8, 4) is 0 Å². The Morgan fingerprint density at radius 1 is 1.13 bits per heavy atom. The van der Waals surface area contributed by atoms with E-state index in [-0.39, 0.29) is 4.48 Å². The first-order valence-corrected chi connectivity index (χ1v) is 5.12. The summed E-state index contributed by atoms with van der Waals surface area (Å²) in [4.78, 5) is 22.2. The zero-order valence-electron chi connectivity index (χ0n) is 7.91. The molecule has 0 aliphatic carbocycles. The standard InChI is InChI=1S/C11H7BrO3/c1-6-2-4-7(5-3-6)10-8(12)9(13)11(14)15-10/h2-5H,1H3. The zero-order valence-corrected chi connectivity index (χ0v) is 9.50. The molecule has 0 unspecified atom stereocenters. The fourth-order valence-corrected chi connectivity index (χ4v) is 1.74. The van der Waals surface area contributed by atoms with Gasteiger partial charge in [-0.25, -0.2) is 4.79 Å². The Balaban J connectivity index is 2.45. The number of ether oxygens (including phenoxy) is 1. The van der Waals surface area contributed by atoms with Crippen LogP contribution in [-0.4, -0.2) is 11.8 Å². The van der Waals surface area contributed by atoms with Crippen LogP contribution in [0.5, 0.6) is 0 Å². The molecule has 0 radical (unpaired) electrons. The van der Waals surface area contributed by atoms with E-state index in [1.165, 1.54) is 0 Å². The third-order valence-corrected chi connectivity index (χ3v) is 2.81. The van der Waals surface area contributed by atoms with Crippen LogP contribution in [0.2, 0.25) is 0 Å². The van der Waals surface area contributed by atoms with Gasteiger partial charge in [-0.2, -0.15) is 0 Å². The van der Waals surface area contributed by atoms with Crippen LogP contribution in [0.1, 0.15) is 11.1 Å². The molecule has 0 saturated heterocycles. The second kappa shape index (κ2) is 3.62. The van der Waals surface area contributed by atoms with Gasteiger partial charge in [0, 0.05) is 5.56 Å². The Labute approximate surface area is 94.9 Å². The molecular formula is C11H7BrO3. The van der Waals surface area contributed by atoms with Gasteiger partial charge in [0.05, 0.1) is 0 Å². The third-order valence-electron chi connectivity index (χ3n) is 2.09. The average molecular weight is 267 g/mol. The number of hydrogen-bond donors (Lipinski definition) is 0. The van der Waals surface area contributed by atoms with Crippen LogP contribution in [0.25, 0.3) is 5.76 Å². The van der Waals surface area contributed by atoms with Crippen LogP contribution in [-0.2, 0) is 14.3 Å². The summed E-state index contributed by atoms with van der Waals surface area (Å²) < 4.78 is 5.05. The molecule has 1 aromatic carbocycles. The van der Waals surface area contributed by atoms with Gasteiger partial charge in [0.2, 0.25) is 0 Å². The monoisotopic (exact) mass is 266 g/mol. The molecule has 4 heteroatoms. The van der Waals surface area contributed by atoms with Crippen LogP contribution in [0.3, 0.4) is 0 Å². The minimum Gasteiger partial charge on any atom is -0.418 e. The molecule has 0 fully saturated rings. The molecule has 0 amide bonds. The van der Waals surface area contributed by atoms with Crippen LogP contribution in [0, 0.1) is 6.92 Å². The third kappa shape index (κ3) is 1.72. The molecule has 0 spiro atoms. The average Bonchev–Trinajstić information content (AvgIpc) is 2.47. The van der Waals surface area contributed by atoms with Crippen molar-refractivity contribution in [1.82, 2.24) is 0 Å². The van der Waals surface area contributed by atoms with Gasteiger partial charge in [-0.15, -0.1) is 0 Å². The van der Waals surface area contributed by atoms with E-state index in [4.69, 9.17) is 4.74 Å². The Hall–Kier alpha value is -1.42. The maximum absolute atomic E-state index is 11.2. The summed E-state index contributed by atoms with van der Waals surface area (Å²) in [6, 6.07) is 7.38. The van der Waals surface area contributed by atoms with Crippen molar-refractivity contribution >= 4 is 33.4 Å². The predicted octanol–water partition coefficient (Wildman–Crippen LogP) is 2.18. The number of halogens is 1. The van der Waals surface area contributed by atoms with E-state index >= 15 is 0 Å². The molecule has 0 atom stereocenters. The SMILES string of the molecule is Cc1ccc(C2=C(Br)C(=O)C(=O)O2)cc1. The number of esters is 1. The number of ketones is 1. The Morgan fingerprint density at radius 3 is 2.20 bits per heavy atom. The number of benzene rings is 1. The van der Waals surface area contributed by atoms with E-state index in [2.05, 4.69) is 15.9 Å². The molecule has 76 valence electrons. The molecule has 1 aliphatic heterocycles. The molecule has 0 N–H and O–H groups in total. The molecule has 1 heterocycles. The van der Waals surface area contributed by atoms with Crippen LogP contribution >= 0.6 is 15.9 Å². The number of carbonyl (C=O) groups excluding carboxylic acids is 2. The maximum Gasteiger partial charge on any atom is 0.385 e. The lowest BCUT2D eigenvalue weighted by molar-refractivity contribution is -0.144. The minimum atomic E-state index is -0.836. The summed E-state index contributed by atoms with van der Waals surface area (Å²) in [6.07, 6.45) is 0. The van der Waals surface area contributed by atoms with E-state index in [0.29, 0.717) is 11.3 Å². The van der Waals surface area contributed by atoms with Gasteiger partial charge in [0.1, 0.15) is 4.48 Å². The number of aryl methyl sites for hydroxylation is 1. The zero-order chi connectivity index (χ0) is 11.0. The predicted molar refractivity (Wildman–Crippen MR) is 58.1 cm³/mol. The summed E-state index contributed by atoms with van der Waals surface area (Å²) in [7, 11) is 0. The quantitative estimate of drug-likeness (QED) is 0.578. The second-order valence-electron chi connectivity index (χ2n) is 3.23. The molecule has 0 aromatic heterocycles. The lowest BCUT2D eigenvalue weighted by Crippen LogP contribution is -2.07. The second-order valence-corrected chi connectivity index (χ2v) is 4.02. The van der Waals surface area contributed by atoms with Crippen molar-refractivity contribution in [3.05, 3.63) is 39.9 Å². The highest BCUT2D eigenvalue weighted by atomic mass is 79.9. The summed E-state index contributed by atoms with van der Waals surface area (Å²) in [5.41, 5.74) is 1.82. The summed E-state index contributed by atoms with van der Waals surface area (Å²) in [5, 5.41) is 0.